The lowest BCUT2D eigenvalue weighted by Crippen LogP contribution is -2.16. The number of pyridine rings is 1. The molecule has 5 heteroatoms. The van der Waals surface area contributed by atoms with E-state index in [0.29, 0.717) is 16.5 Å². The Morgan fingerprint density at radius 3 is 2.85 bits per heavy atom. The van der Waals surface area contributed by atoms with Gasteiger partial charge in [-0.15, -0.1) is 0 Å². The molecule has 1 saturated carbocycles. The fourth-order valence-electron chi connectivity index (χ4n) is 2.22. The smallest absolute Gasteiger partial charge is 0.311 e. The van der Waals surface area contributed by atoms with Gasteiger partial charge in [0, 0.05) is 22.9 Å². The van der Waals surface area contributed by atoms with Gasteiger partial charge in [-0.2, -0.15) is 0 Å². The van der Waals surface area contributed by atoms with E-state index in [-0.39, 0.29) is 17.6 Å². The number of benzene rings is 1. The number of rotatable bonds is 3. The minimum Gasteiger partial charge on any atom is -0.421 e. The van der Waals surface area contributed by atoms with Gasteiger partial charge in [-0.25, -0.2) is 0 Å². The Hall–Kier alpha value is -1.81. The van der Waals surface area contributed by atoms with Crippen molar-refractivity contribution in [3.63, 3.8) is 0 Å². The number of aromatic nitrogens is 1. The summed E-state index contributed by atoms with van der Waals surface area (Å²) in [7, 11) is 0. The van der Waals surface area contributed by atoms with Crippen molar-refractivity contribution < 1.29 is 9.53 Å². The summed E-state index contributed by atoms with van der Waals surface area (Å²) in [6.45, 7) is 1.70. The Bertz CT molecular complexity index is 747. The molecule has 1 aromatic heterocycles. The molecular weight excluding hydrogens is 278 g/mol. The molecule has 1 fully saturated rings. The highest BCUT2D eigenvalue weighted by molar-refractivity contribution is 6.31. The van der Waals surface area contributed by atoms with E-state index in [0.717, 1.165) is 18.4 Å². The Balaban J connectivity index is 2.22. The van der Waals surface area contributed by atoms with Crippen LogP contribution in [0.25, 0.3) is 10.9 Å². The van der Waals surface area contributed by atoms with Gasteiger partial charge in [-0.05, 0) is 31.0 Å². The first-order chi connectivity index (χ1) is 9.60. The van der Waals surface area contributed by atoms with Gasteiger partial charge in [0.25, 0.3) is 0 Å². The van der Waals surface area contributed by atoms with Crippen LogP contribution >= 0.6 is 11.6 Å². The Morgan fingerprint density at radius 1 is 1.45 bits per heavy atom. The maximum atomic E-state index is 12.4. The number of halogens is 1. The summed E-state index contributed by atoms with van der Waals surface area (Å²) < 4.78 is 7.13. The molecule has 104 valence electrons. The lowest BCUT2D eigenvalue weighted by atomic mass is 10.2. The quantitative estimate of drug-likeness (QED) is 0.815. The minimum absolute atomic E-state index is 0.0959. The van der Waals surface area contributed by atoms with Crippen LogP contribution in [-0.2, 0) is 4.79 Å². The zero-order valence-corrected chi connectivity index (χ0v) is 11.8. The molecule has 0 N–H and O–H groups in total. The van der Waals surface area contributed by atoms with Gasteiger partial charge in [-0.1, -0.05) is 18.5 Å². The first kappa shape index (κ1) is 13.2. The first-order valence-corrected chi connectivity index (χ1v) is 7.03. The molecule has 0 atom stereocenters. The second kappa shape index (κ2) is 4.94. The standard InChI is InChI=1S/C15H14ClNO3/c1-2-14(18)20-13-8-17(10-4-5-10)12-7-9(16)3-6-11(12)15(13)19/h3,6-8,10H,2,4-5H2,1H3. The third-order valence-electron chi connectivity index (χ3n) is 3.42. The molecular formula is C15H14ClNO3. The van der Waals surface area contributed by atoms with Crippen LogP contribution in [0.5, 0.6) is 5.75 Å². The highest BCUT2D eigenvalue weighted by Gasteiger charge is 2.26. The van der Waals surface area contributed by atoms with E-state index >= 15 is 0 Å². The maximum Gasteiger partial charge on any atom is 0.311 e. The van der Waals surface area contributed by atoms with E-state index in [1.165, 1.54) is 0 Å². The largest absolute Gasteiger partial charge is 0.421 e. The second-order valence-electron chi connectivity index (χ2n) is 4.95. The number of carbonyl (C=O) groups is 1. The topological polar surface area (TPSA) is 48.3 Å². The molecule has 4 nitrogen and oxygen atoms in total. The van der Waals surface area contributed by atoms with Crippen molar-refractivity contribution in [1.29, 1.82) is 0 Å². The van der Waals surface area contributed by atoms with E-state index in [9.17, 15) is 9.59 Å². The van der Waals surface area contributed by atoms with Crippen LogP contribution in [0.2, 0.25) is 5.02 Å². The number of carbonyl (C=O) groups excluding carboxylic acids is 1. The lowest BCUT2D eigenvalue weighted by Gasteiger charge is -2.12. The molecule has 1 heterocycles. The summed E-state index contributed by atoms with van der Waals surface area (Å²) in [5, 5.41) is 1.12. The molecule has 0 saturated heterocycles. The number of fused-ring (bicyclic) bond motifs is 1. The van der Waals surface area contributed by atoms with Crippen LogP contribution < -0.4 is 10.2 Å². The van der Waals surface area contributed by atoms with Gasteiger partial charge in [0.1, 0.15) is 0 Å². The van der Waals surface area contributed by atoms with Gasteiger partial charge >= 0.3 is 5.97 Å². The Morgan fingerprint density at radius 2 is 2.20 bits per heavy atom. The molecule has 1 aliphatic carbocycles. The van der Waals surface area contributed by atoms with Crippen molar-refractivity contribution in [3.8, 4) is 5.75 Å². The average Bonchev–Trinajstić information content (AvgIpc) is 3.26. The van der Waals surface area contributed by atoms with Gasteiger partial charge in [0.2, 0.25) is 5.43 Å². The van der Waals surface area contributed by atoms with Gasteiger partial charge in [-0.3, -0.25) is 9.59 Å². The van der Waals surface area contributed by atoms with Crippen LogP contribution in [0.4, 0.5) is 0 Å². The van der Waals surface area contributed by atoms with E-state index in [4.69, 9.17) is 16.3 Å². The molecule has 0 unspecified atom stereocenters. The van der Waals surface area contributed by atoms with Crippen molar-refractivity contribution in [2.75, 3.05) is 0 Å². The van der Waals surface area contributed by atoms with Gasteiger partial charge in [0.15, 0.2) is 5.75 Å². The molecule has 0 bridgehead atoms. The SMILES string of the molecule is CCC(=O)Oc1cn(C2CC2)c2cc(Cl)ccc2c1=O. The summed E-state index contributed by atoms with van der Waals surface area (Å²) in [6.07, 6.45) is 3.99. The lowest BCUT2D eigenvalue weighted by molar-refractivity contribution is -0.134. The molecule has 20 heavy (non-hydrogen) atoms. The van der Waals surface area contributed by atoms with E-state index in [2.05, 4.69) is 0 Å². The molecule has 0 spiro atoms. The Kier molecular flexibility index (Phi) is 3.26. The first-order valence-electron chi connectivity index (χ1n) is 6.65. The molecule has 0 aliphatic heterocycles. The van der Waals surface area contributed by atoms with E-state index in [1.54, 1.807) is 31.3 Å². The molecule has 0 amide bonds. The number of nitrogens with zero attached hydrogens (tertiary/aromatic N) is 1. The second-order valence-corrected chi connectivity index (χ2v) is 5.39. The predicted molar refractivity (Wildman–Crippen MR) is 77.4 cm³/mol. The zero-order valence-electron chi connectivity index (χ0n) is 11.1. The van der Waals surface area contributed by atoms with Gasteiger partial charge < -0.3 is 9.30 Å². The summed E-state index contributed by atoms with van der Waals surface area (Å²) in [4.78, 5) is 23.8. The highest BCUT2D eigenvalue weighted by Crippen LogP contribution is 2.38. The average molecular weight is 292 g/mol. The molecule has 1 aromatic carbocycles. The third-order valence-corrected chi connectivity index (χ3v) is 3.65. The van der Waals surface area contributed by atoms with E-state index < -0.39 is 5.97 Å². The number of hydrogen-bond donors (Lipinski definition) is 0. The fourth-order valence-corrected chi connectivity index (χ4v) is 2.39. The van der Waals surface area contributed by atoms with Crippen LogP contribution in [-0.4, -0.2) is 10.5 Å². The van der Waals surface area contributed by atoms with Crippen LogP contribution in [0.1, 0.15) is 32.2 Å². The Labute approximate surface area is 120 Å². The number of ether oxygens (including phenoxy) is 1. The highest BCUT2D eigenvalue weighted by atomic mass is 35.5. The molecule has 3 rings (SSSR count). The molecule has 0 radical (unpaired) electrons. The van der Waals surface area contributed by atoms with Crippen LogP contribution in [0, 0.1) is 0 Å². The number of hydrogen-bond acceptors (Lipinski definition) is 3. The number of esters is 1. The van der Waals surface area contributed by atoms with Crippen molar-refractivity contribution in [1.82, 2.24) is 4.57 Å². The molecule has 1 aliphatic rings. The predicted octanol–water partition coefficient (Wildman–Crippen LogP) is 3.31. The fraction of sp³-hybridized carbons (Fsp3) is 0.333. The summed E-state index contributed by atoms with van der Waals surface area (Å²) in [5.41, 5.74) is 0.525. The third kappa shape index (κ3) is 2.31. The maximum absolute atomic E-state index is 12.4. The normalized spacial score (nSPS) is 14.5. The van der Waals surface area contributed by atoms with Gasteiger partial charge in [0.05, 0.1) is 11.7 Å². The summed E-state index contributed by atoms with van der Waals surface area (Å²) >= 11 is 6.01. The van der Waals surface area contributed by atoms with Crippen molar-refractivity contribution in [2.45, 2.75) is 32.2 Å². The van der Waals surface area contributed by atoms with E-state index in [1.807, 2.05) is 4.57 Å². The minimum atomic E-state index is -0.405. The monoisotopic (exact) mass is 291 g/mol. The summed E-state index contributed by atoms with van der Waals surface area (Å²) in [6, 6.07) is 5.49. The van der Waals surface area contributed by atoms with Crippen molar-refractivity contribution in [2.24, 2.45) is 0 Å². The zero-order chi connectivity index (χ0) is 14.3. The molecule has 2 aromatic rings. The van der Waals surface area contributed by atoms with Crippen LogP contribution in [0.15, 0.2) is 29.2 Å². The van der Waals surface area contributed by atoms with Crippen molar-refractivity contribution >= 4 is 28.5 Å². The summed E-state index contributed by atoms with van der Waals surface area (Å²) in [5.74, 6) is -0.309. The van der Waals surface area contributed by atoms with Crippen LogP contribution in [0.3, 0.4) is 0 Å². The van der Waals surface area contributed by atoms with Crippen molar-refractivity contribution in [3.05, 3.63) is 39.6 Å².